The van der Waals surface area contributed by atoms with Crippen LogP contribution in [0.25, 0.3) is 4.85 Å². The van der Waals surface area contributed by atoms with E-state index in [4.69, 9.17) is 16.0 Å². The Morgan fingerprint density at radius 2 is 1.15 bits per heavy atom. The first-order valence-electron chi connectivity index (χ1n) is 14.8. The van der Waals surface area contributed by atoms with Crippen LogP contribution in [0, 0.1) is 17.9 Å². The average molecular weight is 555 g/mol. The molecule has 0 aromatic rings. The summed E-state index contributed by atoms with van der Waals surface area (Å²) in [6.45, 7) is 19.9. The van der Waals surface area contributed by atoms with Crippen LogP contribution in [0.4, 0.5) is 0 Å². The van der Waals surface area contributed by atoms with Gasteiger partial charge < -0.3 is 19.3 Å². The standard InChI is InChI=1S/C32H50N4O4/c1-6-10-20-35(21-11-7-2)24-16-18-29(28-33)31(37)39-26-14-15-27-40-32(38)30(34-5)19-17-25-36(22-12-8-3)23-13-9-4/h16-19,24-25H,6-15,20-23,26-27H2,1-4H3. The summed E-state index contributed by atoms with van der Waals surface area (Å²) in [5, 5.41) is 9.33. The fourth-order valence-electron chi connectivity index (χ4n) is 3.47. The number of unbranched alkanes of at least 4 members (excludes halogenated alkanes) is 5. The largest absolute Gasteiger partial charge is 0.471 e. The summed E-state index contributed by atoms with van der Waals surface area (Å²) in [4.78, 5) is 32.2. The molecular weight excluding hydrogens is 504 g/mol. The summed E-state index contributed by atoms with van der Waals surface area (Å²) in [6.07, 6.45) is 20.0. The minimum Gasteiger partial charge on any atom is -0.471 e. The predicted molar refractivity (Wildman–Crippen MR) is 161 cm³/mol. The number of carbonyl (C=O) groups is 2. The first kappa shape index (κ1) is 36.5. The normalized spacial score (nSPS) is 11.8. The Bertz CT molecular complexity index is 819. The van der Waals surface area contributed by atoms with Crippen LogP contribution in [-0.4, -0.2) is 61.1 Å². The number of nitrogens with zero attached hydrogens (tertiary/aromatic N) is 4. The van der Waals surface area contributed by atoms with Gasteiger partial charge in [-0.2, -0.15) is 5.26 Å². The highest BCUT2D eigenvalue weighted by Gasteiger charge is 2.11. The Kier molecular flexibility index (Phi) is 23.5. The molecule has 222 valence electrons. The van der Waals surface area contributed by atoms with Gasteiger partial charge in [-0.25, -0.2) is 9.64 Å². The molecular formula is C32H50N4O4. The lowest BCUT2D eigenvalue weighted by molar-refractivity contribution is -0.141. The monoisotopic (exact) mass is 554 g/mol. The van der Waals surface area contributed by atoms with E-state index in [0.717, 1.165) is 77.5 Å². The molecule has 0 N–H and O–H groups in total. The summed E-state index contributed by atoms with van der Waals surface area (Å²) >= 11 is 0. The van der Waals surface area contributed by atoms with Gasteiger partial charge in [-0.1, -0.05) is 59.5 Å². The topological polar surface area (TPSA) is 87.2 Å². The summed E-state index contributed by atoms with van der Waals surface area (Å²) in [6, 6.07) is 1.90. The molecule has 40 heavy (non-hydrogen) atoms. The molecule has 0 radical (unpaired) electrons. The maximum absolute atomic E-state index is 12.2. The van der Waals surface area contributed by atoms with E-state index in [1.807, 2.05) is 18.5 Å². The number of esters is 2. The smallest absolute Gasteiger partial charge is 0.348 e. The molecule has 0 saturated heterocycles. The number of hydrogen-bond donors (Lipinski definition) is 0. The van der Waals surface area contributed by atoms with Crippen LogP contribution in [0.2, 0.25) is 0 Å². The molecule has 0 aliphatic carbocycles. The van der Waals surface area contributed by atoms with E-state index in [-0.39, 0.29) is 24.5 Å². The van der Waals surface area contributed by atoms with Crippen molar-refractivity contribution in [3.63, 3.8) is 0 Å². The second-order valence-electron chi connectivity index (χ2n) is 9.50. The molecule has 0 saturated carbocycles. The van der Waals surface area contributed by atoms with E-state index in [0.29, 0.717) is 12.8 Å². The van der Waals surface area contributed by atoms with Crippen LogP contribution in [0.15, 0.2) is 48.0 Å². The quantitative estimate of drug-likeness (QED) is 0.0338. The van der Waals surface area contributed by atoms with E-state index in [2.05, 4.69) is 42.3 Å². The fraction of sp³-hybridized carbons (Fsp3) is 0.625. The highest BCUT2D eigenvalue weighted by molar-refractivity contribution is 5.93. The van der Waals surface area contributed by atoms with Gasteiger partial charge >= 0.3 is 11.9 Å². The predicted octanol–water partition coefficient (Wildman–Crippen LogP) is 6.94. The van der Waals surface area contributed by atoms with Gasteiger partial charge in [0.15, 0.2) is 0 Å². The Morgan fingerprint density at radius 1 is 0.725 bits per heavy atom. The average Bonchev–Trinajstić information content (AvgIpc) is 2.96. The van der Waals surface area contributed by atoms with Crippen molar-refractivity contribution in [1.29, 1.82) is 5.26 Å². The first-order chi connectivity index (χ1) is 19.5. The van der Waals surface area contributed by atoms with Crippen LogP contribution >= 0.6 is 0 Å². The molecule has 0 aromatic heterocycles. The van der Waals surface area contributed by atoms with Gasteiger partial charge in [-0.05, 0) is 69.2 Å². The molecule has 0 aliphatic rings. The number of allylic oxidation sites excluding steroid dienone is 4. The number of ether oxygens (including phenoxy) is 2. The van der Waals surface area contributed by atoms with Crippen molar-refractivity contribution in [3.05, 3.63) is 59.4 Å². The summed E-state index contributed by atoms with van der Waals surface area (Å²) < 4.78 is 10.4. The van der Waals surface area contributed by atoms with Gasteiger partial charge in [0.2, 0.25) is 0 Å². The number of nitriles is 1. The molecule has 0 atom stereocenters. The van der Waals surface area contributed by atoms with Crippen molar-refractivity contribution in [2.75, 3.05) is 39.4 Å². The van der Waals surface area contributed by atoms with Crippen LogP contribution < -0.4 is 0 Å². The third-order valence-corrected chi connectivity index (χ3v) is 5.98. The zero-order valence-corrected chi connectivity index (χ0v) is 25.2. The maximum Gasteiger partial charge on any atom is 0.348 e. The van der Waals surface area contributed by atoms with Crippen molar-refractivity contribution in [2.45, 2.75) is 91.9 Å². The van der Waals surface area contributed by atoms with Crippen LogP contribution in [0.5, 0.6) is 0 Å². The van der Waals surface area contributed by atoms with E-state index in [1.54, 1.807) is 12.2 Å². The molecule has 0 aromatic carbocycles. The van der Waals surface area contributed by atoms with Gasteiger partial charge in [-0.15, -0.1) is 0 Å². The van der Waals surface area contributed by atoms with Crippen LogP contribution in [0.1, 0.15) is 91.9 Å². The maximum atomic E-state index is 12.2. The lowest BCUT2D eigenvalue weighted by Crippen LogP contribution is -2.19. The molecule has 8 nitrogen and oxygen atoms in total. The van der Waals surface area contributed by atoms with E-state index < -0.39 is 11.9 Å². The second kappa shape index (κ2) is 25.7. The Morgan fingerprint density at radius 3 is 1.55 bits per heavy atom. The molecule has 0 aliphatic heterocycles. The number of hydrogen-bond acceptors (Lipinski definition) is 7. The molecule has 0 heterocycles. The molecule has 0 rings (SSSR count). The number of rotatable bonds is 23. The van der Waals surface area contributed by atoms with Crippen molar-refractivity contribution < 1.29 is 19.1 Å². The summed E-state index contributed by atoms with van der Waals surface area (Å²) in [5.41, 5.74) is -0.134. The SMILES string of the molecule is [C-]#[N+]C(=CC=CN(CCCC)CCCC)C(=O)OCCCCOC(=O)C(C#N)=CC=CN(CCCC)CCCC. The number of carbonyl (C=O) groups excluding carboxylic acids is 2. The Balaban J connectivity index is 4.58. The molecule has 0 amide bonds. The lowest BCUT2D eigenvalue weighted by Gasteiger charge is -2.19. The van der Waals surface area contributed by atoms with Crippen molar-refractivity contribution in [3.8, 4) is 6.07 Å². The van der Waals surface area contributed by atoms with Gasteiger partial charge in [0.1, 0.15) is 11.6 Å². The van der Waals surface area contributed by atoms with Gasteiger partial charge in [0, 0.05) is 26.2 Å². The third kappa shape index (κ3) is 18.7. The van der Waals surface area contributed by atoms with E-state index in [1.165, 1.54) is 12.2 Å². The van der Waals surface area contributed by atoms with Gasteiger partial charge in [-0.3, -0.25) is 4.79 Å². The fourth-order valence-corrected chi connectivity index (χ4v) is 3.47. The minimum atomic E-state index is -0.672. The van der Waals surface area contributed by atoms with Crippen LogP contribution in [0.3, 0.4) is 0 Å². The molecule has 0 fully saturated rings. The van der Waals surface area contributed by atoms with E-state index >= 15 is 0 Å². The molecule has 8 heteroatoms. The van der Waals surface area contributed by atoms with Crippen molar-refractivity contribution in [1.82, 2.24) is 9.80 Å². The lowest BCUT2D eigenvalue weighted by atomic mass is 10.2. The van der Waals surface area contributed by atoms with Crippen molar-refractivity contribution >= 4 is 11.9 Å². The molecule has 0 bridgehead atoms. The Hall–Kier alpha value is -3.52. The zero-order chi connectivity index (χ0) is 29.8. The minimum absolute atomic E-state index is 0.0588. The zero-order valence-electron chi connectivity index (χ0n) is 25.2. The van der Waals surface area contributed by atoms with Gasteiger partial charge in [0.25, 0.3) is 5.70 Å². The summed E-state index contributed by atoms with van der Waals surface area (Å²) in [5.74, 6) is -1.34. The highest BCUT2D eigenvalue weighted by atomic mass is 16.5. The summed E-state index contributed by atoms with van der Waals surface area (Å²) in [7, 11) is 0. The van der Waals surface area contributed by atoms with Crippen molar-refractivity contribution in [2.24, 2.45) is 0 Å². The van der Waals surface area contributed by atoms with Crippen LogP contribution in [-0.2, 0) is 19.1 Å². The first-order valence-corrected chi connectivity index (χ1v) is 14.8. The second-order valence-corrected chi connectivity index (χ2v) is 9.50. The Labute approximate surface area is 242 Å². The van der Waals surface area contributed by atoms with Gasteiger partial charge in [0.05, 0.1) is 19.8 Å². The van der Waals surface area contributed by atoms with E-state index in [9.17, 15) is 14.9 Å². The third-order valence-electron chi connectivity index (χ3n) is 5.98. The molecule has 0 spiro atoms. The molecule has 0 unspecified atom stereocenters. The highest BCUT2D eigenvalue weighted by Crippen LogP contribution is 2.06.